The minimum absolute atomic E-state index is 0.722. The van der Waals surface area contributed by atoms with Crippen LogP contribution in [0.25, 0.3) is 0 Å². The highest BCUT2D eigenvalue weighted by atomic mass is 16.5. The Morgan fingerprint density at radius 1 is 0.667 bits per heavy atom. The van der Waals surface area contributed by atoms with E-state index in [0.29, 0.717) is 0 Å². The fourth-order valence-corrected chi connectivity index (χ4v) is 2.36. The molecule has 2 nitrogen and oxygen atoms in total. The molecule has 0 aliphatic carbocycles. The largest absolute Gasteiger partial charge is 0.377 e. The van der Waals surface area contributed by atoms with Gasteiger partial charge in [0, 0.05) is 19.0 Å². The zero-order valence-corrected chi connectivity index (χ0v) is 16.6. The average Bonchev–Trinajstić information content (AvgIpc) is 2.63. The molecule has 0 unspecified atom stereocenters. The van der Waals surface area contributed by atoms with E-state index in [1.165, 1.54) is 82.6 Å². The Hall–Kier alpha value is -0.890. The van der Waals surface area contributed by atoms with Crippen LogP contribution in [0.1, 0.15) is 103 Å². The molecule has 140 valence electrons. The minimum Gasteiger partial charge on any atom is -0.377 e. The summed E-state index contributed by atoms with van der Waals surface area (Å²) in [7, 11) is 0. The Bertz CT molecular complexity index is 324. The first kappa shape index (κ1) is 23.1. The highest BCUT2D eigenvalue weighted by Crippen LogP contribution is 2.10. The van der Waals surface area contributed by atoms with Crippen molar-refractivity contribution in [2.75, 3.05) is 6.61 Å². The number of unbranched alkanes of at least 4 members (excludes halogenated alkanes) is 10. The Labute approximate surface area is 151 Å². The quantitative estimate of drug-likeness (QED) is 0.332. The Morgan fingerprint density at radius 3 is 1.67 bits per heavy atom. The maximum absolute atomic E-state index is 5.66. The Morgan fingerprint density at radius 2 is 1.17 bits per heavy atom. The fourth-order valence-electron chi connectivity index (χ4n) is 2.36. The van der Waals surface area contributed by atoms with E-state index in [-0.39, 0.29) is 0 Å². The molecule has 0 spiro atoms. The molecule has 0 radical (unpaired) electrons. The lowest BCUT2D eigenvalue weighted by atomic mass is 10.1. The van der Waals surface area contributed by atoms with E-state index in [4.69, 9.17) is 4.74 Å². The number of nitrogens with zero attached hydrogens (tertiary/aromatic N) is 1. The standard InChI is InChI=1S/C18H31NO.C4H10/c1-2-3-4-5-6-7-8-9-10-11-16-20-17-18-12-14-19-15-13-18;1-3-4-2/h12-15H,2-11,16-17H2,1H3;3-4H2,1-2H3. The van der Waals surface area contributed by atoms with Crippen LogP contribution < -0.4 is 0 Å². The van der Waals surface area contributed by atoms with Gasteiger partial charge in [-0.25, -0.2) is 0 Å². The van der Waals surface area contributed by atoms with E-state index in [1.807, 2.05) is 24.5 Å². The summed E-state index contributed by atoms with van der Waals surface area (Å²) in [6.07, 6.45) is 20.0. The molecule has 0 aliphatic heterocycles. The smallest absolute Gasteiger partial charge is 0.0717 e. The highest BCUT2D eigenvalue weighted by Gasteiger charge is 1.94. The van der Waals surface area contributed by atoms with E-state index in [2.05, 4.69) is 25.8 Å². The summed E-state index contributed by atoms with van der Waals surface area (Å²) in [5.41, 5.74) is 1.21. The van der Waals surface area contributed by atoms with Crippen LogP contribution in [0.3, 0.4) is 0 Å². The number of aromatic nitrogens is 1. The van der Waals surface area contributed by atoms with E-state index in [9.17, 15) is 0 Å². The van der Waals surface area contributed by atoms with Crippen molar-refractivity contribution in [2.24, 2.45) is 0 Å². The topological polar surface area (TPSA) is 22.1 Å². The van der Waals surface area contributed by atoms with Crippen molar-refractivity contribution >= 4 is 0 Å². The van der Waals surface area contributed by atoms with Gasteiger partial charge >= 0.3 is 0 Å². The molecule has 1 aromatic rings. The molecule has 0 saturated heterocycles. The lowest BCUT2D eigenvalue weighted by Gasteiger charge is -2.04. The van der Waals surface area contributed by atoms with Gasteiger partial charge in [-0.15, -0.1) is 0 Å². The summed E-state index contributed by atoms with van der Waals surface area (Å²) >= 11 is 0. The summed E-state index contributed by atoms with van der Waals surface area (Å²) < 4.78 is 5.66. The number of pyridine rings is 1. The number of rotatable bonds is 14. The van der Waals surface area contributed by atoms with Crippen LogP contribution in [0.4, 0.5) is 0 Å². The van der Waals surface area contributed by atoms with Crippen molar-refractivity contribution in [2.45, 2.75) is 104 Å². The van der Waals surface area contributed by atoms with E-state index < -0.39 is 0 Å². The zero-order valence-electron chi connectivity index (χ0n) is 16.6. The zero-order chi connectivity index (χ0) is 17.7. The predicted octanol–water partition coefficient (Wildman–Crippen LogP) is 7.33. The van der Waals surface area contributed by atoms with Gasteiger partial charge in [0.2, 0.25) is 0 Å². The predicted molar refractivity (Wildman–Crippen MR) is 106 cm³/mol. The van der Waals surface area contributed by atoms with E-state index in [0.717, 1.165) is 13.2 Å². The summed E-state index contributed by atoms with van der Waals surface area (Å²) in [5.74, 6) is 0. The van der Waals surface area contributed by atoms with Gasteiger partial charge in [0.05, 0.1) is 6.61 Å². The van der Waals surface area contributed by atoms with Crippen LogP contribution in [0.5, 0.6) is 0 Å². The van der Waals surface area contributed by atoms with Crippen LogP contribution >= 0.6 is 0 Å². The summed E-state index contributed by atoms with van der Waals surface area (Å²) in [6, 6.07) is 4.02. The normalized spacial score (nSPS) is 10.3. The van der Waals surface area contributed by atoms with Crippen molar-refractivity contribution in [3.63, 3.8) is 0 Å². The summed E-state index contributed by atoms with van der Waals surface area (Å²) in [6.45, 7) is 8.25. The van der Waals surface area contributed by atoms with Crippen molar-refractivity contribution in [1.29, 1.82) is 0 Å². The van der Waals surface area contributed by atoms with Crippen molar-refractivity contribution in [3.8, 4) is 0 Å². The van der Waals surface area contributed by atoms with Gasteiger partial charge < -0.3 is 4.74 Å². The van der Waals surface area contributed by atoms with E-state index in [1.54, 1.807) is 0 Å². The van der Waals surface area contributed by atoms with Crippen LogP contribution in [0.2, 0.25) is 0 Å². The molecule has 1 aromatic heterocycles. The second-order valence-corrected chi connectivity index (χ2v) is 6.59. The lowest BCUT2D eigenvalue weighted by Crippen LogP contribution is -1.95. The van der Waals surface area contributed by atoms with Crippen LogP contribution in [-0.4, -0.2) is 11.6 Å². The molecule has 0 saturated carbocycles. The van der Waals surface area contributed by atoms with Gasteiger partial charge in [0.15, 0.2) is 0 Å². The molecule has 0 bridgehead atoms. The summed E-state index contributed by atoms with van der Waals surface area (Å²) in [4.78, 5) is 4.00. The fraction of sp³-hybridized carbons (Fsp3) is 0.773. The van der Waals surface area contributed by atoms with Crippen LogP contribution in [-0.2, 0) is 11.3 Å². The van der Waals surface area contributed by atoms with Crippen molar-refractivity contribution in [3.05, 3.63) is 30.1 Å². The second kappa shape index (κ2) is 20.2. The third-order valence-corrected chi connectivity index (χ3v) is 4.16. The van der Waals surface area contributed by atoms with Gasteiger partial charge in [-0.3, -0.25) is 4.98 Å². The molecule has 1 rings (SSSR count). The molecule has 0 aromatic carbocycles. The highest BCUT2D eigenvalue weighted by molar-refractivity contribution is 5.07. The van der Waals surface area contributed by atoms with Gasteiger partial charge in [0.25, 0.3) is 0 Å². The first-order valence-corrected chi connectivity index (χ1v) is 10.3. The van der Waals surface area contributed by atoms with Gasteiger partial charge in [0.1, 0.15) is 0 Å². The first-order valence-electron chi connectivity index (χ1n) is 10.3. The Kier molecular flexibility index (Phi) is 19.4. The van der Waals surface area contributed by atoms with Gasteiger partial charge in [-0.2, -0.15) is 0 Å². The third-order valence-electron chi connectivity index (χ3n) is 4.16. The van der Waals surface area contributed by atoms with Gasteiger partial charge in [-0.1, -0.05) is 91.4 Å². The maximum Gasteiger partial charge on any atom is 0.0717 e. The minimum atomic E-state index is 0.722. The number of ether oxygens (including phenoxy) is 1. The monoisotopic (exact) mass is 335 g/mol. The molecule has 0 N–H and O–H groups in total. The average molecular weight is 336 g/mol. The second-order valence-electron chi connectivity index (χ2n) is 6.59. The van der Waals surface area contributed by atoms with Crippen molar-refractivity contribution < 1.29 is 4.74 Å². The van der Waals surface area contributed by atoms with Crippen LogP contribution in [0.15, 0.2) is 24.5 Å². The molecular weight excluding hydrogens is 294 g/mol. The summed E-state index contributed by atoms with van der Waals surface area (Å²) in [5, 5.41) is 0. The van der Waals surface area contributed by atoms with E-state index >= 15 is 0 Å². The van der Waals surface area contributed by atoms with Crippen LogP contribution in [0, 0.1) is 0 Å². The third kappa shape index (κ3) is 17.5. The number of hydrogen-bond acceptors (Lipinski definition) is 2. The molecule has 1 heterocycles. The molecule has 0 amide bonds. The van der Waals surface area contributed by atoms with Gasteiger partial charge in [-0.05, 0) is 24.1 Å². The van der Waals surface area contributed by atoms with Crippen molar-refractivity contribution in [1.82, 2.24) is 4.98 Å². The molecular formula is C22H41NO. The molecule has 0 fully saturated rings. The molecule has 24 heavy (non-hydrogen) atoms. The molecule has 0 atom stereocenters. The Balaban J connectivity index is 0.00000118. The lowest BCUT2D eigenvalue weighted by molar-refractivity contribution is 0.116. The SMILES string of the molecule is CCCC.CCCCCCCCCCCCOCc1ccncc1. The number of hydrogen-bond donors (Lipinski definition) is 0. The maximum atomic E-state index is 5.66. The molecule has 2 heteroatoms. The first-order chi connectivity index (χ1) is 11.8. The molecule has 0 aliphatic rings.